The van der Waals surface area contributed by atoms with Gasteiger partial charge in [-0.3, -0.25) is 0 Å². The van der Waals surface area contributed by atoms with Gasteiger partial charge in [0.05, 0.1) is 12.1 Å². The molecule has 2 heterocycles. The molecule has 270 valence electrons. The number of carbonyl (C=O) groups excluding carboxylic acids is 3. The molecule has 1 unspecified atom stereocenters. The van der Waals surface area contributed by atoms with Crippen LogP contribution in [-0.2, 0) is 28.2 Å². The lowest BCUT2D eigenvalue weighted by molar-refractivity contribution is 0.0224. The van der Waals surface area contributed by atoms with Crippen LogP contribution in [-0.4, -0.2) is 58.4 Å². The Kier molecular flexibility index (Phi) is 10.2. The van der Waals surface area contributed by atoms with E-state index in [1.54, 1.807) is 13.1 Å². The van der Waals surface area contributed by atoms with Crippen LogP contribution < -0.4 is 30.5 Å². The molecule has 0 saturated heterocycles. The molecule has 1 atom stereocenters. The highest BCUT2D eigenvalue weighted by Gasteiger charge is 2.53. The molecule has 0 aromatic heterocycles. The summed E-state index contributed by atoms with van der Waals surface area (Å²) in [5, 5.41) is 7.99. The fourth-order valence-electron chi connectivity index (χ4n) is 6.97. The van der Waals surface area contributed by atoms with Crippen LogP contribution in [0.1, 0.15) is 38.2 Å². The maximum Gasteiger partial charge on any atom is 0.406 e. The quantitative estimate of drug-likeness (QED) is 0.125. The number of urea groups is 1. The number of anilines is 2. The van der Waals surface area contributed by atoms with Gasteiger partial charge in [-0.15, -0.1) is 0 Å². The van der Waals surface area contributed by atoms with Gasteiger partial charge in [0.15, 0.2) is 5.60 Å². The lowest BCUT2D eigenvalue weighted by Crippen LogP contribution is -2.39. The number of alkyl carbamates (subject to hydrolysis) is 1. The van der Waals surface area contributed by atoms with Gasteiger partial charge in [-0.2, -0.15) is 0 Å². The molecule has 0 aliphatic carbocycles. The van der Waals surface area contributed by atoms with Crippen molar-refractivity contribution >= 4 is 29.5 Å². The standard InChI is InChI=1S/C42H41N5O6/c1-43-40(49)45-21-22-46(27-29-11-5-3-6-12-29)31-17-19-35-37(25-31)52-38-26-32(47(23-24-51-41(50)44-2)28-30-13-7-4-8-14-30)18-20-36(38)42(35)34-16-10-9-15-33(34)39(48)53-42/h3-20,25-26H,21-24,27-28H2,1-2H3,(H,44,50)(H2,43,45,49). The number of rotatable bonds is 12. The van der Waals surface area contributed by atoms with E-state index in [9.17, 15) is 14.4 Å². The highest BCUT2D eigenvalue weighted by atomic mass is 16.6. The zero-order valence-electron chi connectivity index (χ0n) is 29.6. The summed E-state index contributed by atoms with van der Waals surface area (Å²) in [6.45, 7) is 2.66. The second-order valence-corrected chi connectivity index (χ2v) is 12.8. The lowest BCUT2D eigenvalue weighted by atomic mass is 9.77. The van der Waals surface area contributed by atoms with Gasteiger partial charge in [0, 0.05) is 80.5 Å². The first-order valence-electron chi connectivity index (χ1n) is 17.6. The molecule has 11 nitrogen and oxygen atoms in total. The molecule has 1 spiro atoms. The van der Waals surface area contributed by atoms with Crippen molar-refractivity contribution < 1.29 is 28.6 Å². The van der Waals surface area contributed by atoms with Crippen LogP contribution >= 0.6 is 0 Å². The summed E-state index contributed by atoms with van der Waals surface area (Å²) >= 11 is 0. The van der Waals surface area contributed by atoms with Crippen LogP contribution in [0.2, 0.25) is 0 Å². The minimum Gasteiger partial charge on any atom is -0.456 e. The summed E-state index contributed by atoms with van der Waals surface area (Å²) in [6, 6.07) is 39.3. The Hall–Kier alpha value is -6.49. The molecule has 3 amide bonds. The van der Waals surface area contributed by atoms with Gasteiger partial charge in [0.2, 0.25) is 0 Å². The average molecular weight is 712 g/mol. The number of esters is 1. The monoisotopic (exact) mass is 711 g/mol. The summed E-state index contributed by atoms with van der Waals surface area (Å²) in [5.74, 6) is 0.681. The van der Waals surface area contributed by atoms with E-state index in [1.165, 1.54) is 7.05 Å². The summed E-state index contributed by atoms with van der Waals surface area (Å²) in [7, 11) is 3.12. The first-order valence-corrected chi connectivity index (χ1v) is 17.6. The third-order valence-corrected chi connectivity index (χ3v) is 9.54. The first kappa shape index (κ1) is 34.9. The van der Waals surface area contributed by atoms with Crippen molar-refractivity contribution in [2.45, 2.75) is 18.7 Å². The fourth-order valence-corrected chi connectivity index (χ4v) is 6.97. The van der Waals surface area contributed by atoms with Crippen molar-refractivity contribution in [2.75, 3.05) is 50.1 Å². The Bertz CT molecular complexity index is 1990. The van der Waals surface area contributed by atoms with E-state index < -0.39 is 17.7 Å². The normalized spacial score (nSPS) is 14.9. The number of carbonyl (C=O) groups is 3. The van der Waals surface area contributed by atoms with Crippen molar-refractivity contribution in [1.29, 1.82) is 0 Å². The molecule has 0 fully saturated rings. The molecule has 53 heavy (non-hydrogen) atoms. The number of benzene rings is 5. The maximum absolute atomic E-state index is 13.5. The average Bonchev–Trinajstić information content (AvgIpc) is 3.49. The van der Waals surface area contributed by atoms with Gasteiger partial charge in [-0.25, -0.2) is 14.4 Å². The highest BCUT2D eigenvalue weighted by Crippen LogP contribution is 2.57. The molecule has 0 radical (unpaired) electrons. The second kappa shape index (κ2) is 15.4. The number of fused-ring (bicyclic) bond motifs is 6. The summed E-state index contributed by atoms with van der Waals surface area (Å²) < 4.78 is 18.6. The topological polar surface area (TPSA) is 121 Å². The molecule has 5 aromatic carbocycles. The number of nitrogens with one attached hydrogen (secondary N) is 3. The van der Waals surface area contributed by atoms with Gasteiger partial charge >= 0.3 is 18.1 Å². The number of hydrogen-bond acceptors (Lipinski definition) is 8. The smallest absolute Gasteiger partial charge is 0.406 e. The van der Waals surface area contributed by atoms with Crippen molar-refractivity contribution in [3.8, 4) is 11.5 Å². The Morgan fingerprint density at radius 1 is 0.679 bits per heavy atom. The minimum absolute atomic E-state index is 0.164. The SMILES string of the molecule is CNC(=O)NCCN(Cc1ccccc1)c1ccc2c(c1)Oc1cc(N(CCOC(=O)NC)Cc3ccccc3)ccc1C21OC(=O)c2ccccc21. The van der Waals surface area contributed by atoms with Crippen LogP contribution in [0, 0.1) is 0 Å². The van der Waals surface area contributed by atoms with E-state index in [0.29, 0.717) is 60.9 Å². The van der Waals surface area contributed by atoms with Crippen molar-refractivity contribution in [1.82, 2.24) is 16.0 Å². The minimum atomic E-state index is -1.24. The van der Waals surface area contributed by atoms with Gasteiger partial charge < -0.3 is 40.0 Å². The van der Waals surface area contributed by atoms with Crippen molar-refractivity contribution in [3.05, 3.63) is 155 Å². The van der Waals surface area contributed by atoms with E-state index in [4.69, 9.17) is 14.2 Å². The molecule has 7 rings (SSSR count). The predicted octanol–water partition coefficient (Wildman–Crippen LogP) is 6.55. The van der Waals surface area contributed by atoms with Gasteiger partial charge in [0.25, 0.3) is 0 Å². The molecule has 2 aliphatic rings. The largest absolute Gasteiger partial charge is 0.456 e. The van der Waals surface area contributed by atoms with Crippen LogP contribution in [0.4, 0.5) is 21.0 Å². The Balaban J connectivity index is 1.30. The van der Waals surface area contributed by atoms with Crippen molar-refractivity contribution in [3.63, 3.8) is 0 Å². The number of hydrogen-bond donors (Lipinski definition) is 3. The number of ether oxygens (including phenoxy) is 3. The molecule has 5 aromatic rings. The van der Waals surface area contributed by atoms with Crippen LogP contribution in [0.15, 0.2) is 121 Å². The van der Waals surface area contributed by atoms with Gasteiger partial charge in [0.1, 0.15) is 18.1 Å². The zero-order valence-corrected chi connectivity index (χ0v) is 29.6. The summed E-state index contributed by atoms with van der Waals surface area (Å²) in [6.07, 6.45) is -0.500. The Morgan fingerprint density at radius 2 is 1.25 bits per heavy atom. The highest BCUT2D eigenvalue weighted by molar-refractivity contribution is 5.97. The third kappa shape index (κ3) is 7.18. The van der Waals surface area contributed by atoms with Crippen LogP contribution in [0.25, 0.3) is 0 Å². The molecule has 0 saturated carbocycles. The first-order chi connectivity index (χ1) is 25.9. The Morgan fingerprint density at radius 3 is 1.83 bits per heavy atom. The number of nitrogens with zero attached hydrogens (tertiary/aromatic N) is 2. The molecular weight excluding hydrogens is 670 g/mol. The fraction of sp³-hybridized carbons (Fsp3) is 0.214. The van der Waals surface area contributed by atoms with E-state index in [2.05, 4.69) is 50.0 Å². The van der Waals surface area contributed by atoms with Gasteiger partial charge in [-0.05, 0) is 41.5 Å². The van der Waals surface area contributed by atoms with E-state index in [1.807, 2.05) is 91.0 Å². The molecule has 0 bridgehead atoms. The molecule has 11 heteroatoms. The lowest BCUT2D eigenvalue weighted by Gasteiger charge is -2.38. The molecule has 3 N–H and O–H groups in total. The summed E-state index contributed by atoms with van der Waals surface area (Å²) in [4.78, 5) is 41.8. The zero-order chi connectivity index (χ0) is 36.8. The van der Waals surface area contributed by atoms with Crippen LogP contribution in [0.5, 0.6) is 11.5 Å². The van der Waals surface area contributed by atoms with E-state index in [0.717, 1.165) is 28.1 Å². The third-order valence-electron chi connectivity index (χ3n) is 9.54. The van der Waals surface area contributed by atoms with E-state index in [-0.39, 0.29) is 12.6 Å². The van der Waals surface area contributed by atoms with Crippen molar-refractivity contribution in [2.24, 2.45) is 0 Å². The van der Waals surface area contributed by atoms with Gasteiger partial charge in [-0.1, -0.05) is 78.9 Å². The van der Waals surface area contributed by atoms with Crippen LogP contribution in [0.3, 0.4) is 0 Å². The predicted molar refractivity (Wildman–Crippen MR) is 203 cm³/mol. The molecule has 2 aliphatic heterocycles. The Labute approximate surface area is 308 Å². The summed E-state index contributed by atoms with van der Waals surface area (Å²) in [5.41, 5.74) is 5.32. The maximum atomic E-state index is 13.5. The molecular formula is C42H41N5O6. The van der Waals surface area contributed by atoms with E-state index >= 15 is 0 Å². The number of amides is 3. The second-order valence-electron chi connectivity index (χ2n) is 12.8.